The SMILES string of the molecule is C=C([C@@H](C[C@@H](O)C(C)(C)O)OC(=O)/C(C)=C\C)[C@@H]1C[C@@H](Cl)[C@](C)(O)[C@H](OC(C)=O)[C@@H]1OC(=O)/C(C)=C\C. The number of alkyl halides is 1. The van der Waals surface area contributed by atoms with Crippen LogP contribution in [0, 0.1) is 5.92 Å². The number of ether oxygens (including phenoxy) is 3. The first-order valence-electron chi connectivity index (χ1n) is 12.2. The van der Waals surface area contributed by atoms with E-state index in [1.807, 2.05) is 0 Å². The quantitative estimate of drug-likeness (QED) is 0.124. The van der Waals surface area contributed by atoms with Gasteiger partial charge in [-0.3, -0.25) is 4.79 Å². The lowest BCUT2D eigenvalue weighted by Gasteiger charge is -2.48. The Morgan fingerprint density at radius 1 is 1.11 bits per heavy atom. The number of rotatable bonds is 10. The second-order valence-corrected chi connectivity index (χ2v) is 10.8. The summed E-state index contributed by atoms with van der Waals surface area (Å²) in [7, 11) is 0. The van der Waals surface area contributed by atoms with Crippen LogP contribution in [0.15, 0.2) is 35.5 Å². The number of halogens is 1. The van der Waals surface area contributed by atoms with Crippen molar-refractivity contribution in [3.63, 3.8) is 0 Å². The number of esters is 3. The highest BCUT2D eigenvalue weighted by atomic mass is 35.5. The van der Waals surface area contributed by atoms with Gasteiger partial charge in [-0.15, -0.1) is 11.6 Å². The minimum Gasteiger partial charge on any atom is -0.455 e. The first-order chi connectivity index (χ1) is 16.9. The molecule has 9 nitrogen and oxygen atoms in total. The summed E-state index contributed by atoms with van der Waals surface area (Å²) < 4.78 is 16.8. The molecule has 0 aliphatic heterocycles. The summed E-state index contributed by atoms with van der Waals surface area (Å²) in [5.74, 6) is -2.95. The Labute approximate surface area is 224 Å². The maximum Gasteiger partial charge on any atom is 0.333 e. The molecular formula is C27H41ClO9. The average Bonchev–Trinajstić information content (AvgIpc) is 2.80. The number of carbonyl (C=O) groups excluding carboxylic acids is 3. The lowest BCUT2D eigenvalue weighted by atomic mass is 9.70. The van der Waals surface area contributed by atoms with Crippen molar-refractivity contribution < 1.29 is 43.9 Å². The molecule has 0 radical (unpaired) electrons. The second-order valence-electron chi connectivity index (χ2n) is 10.3. The Morgan fingerprint density at radius 3 is 2.08 bits per heavy atom. The van der Waals surface area contributed by atoms with Gasteiger partial charge >= 0.3 is 17.9 Å². The predicted octanol–water partition coefficient (Wildman–Crippen LogP) is 3.13. The van der Waals surface area contributed by atoms with Crippen molar-refractivity contribution in [2.45, 2.75) is 109 Å². The van der Waals surface area contributed by atoms with Crippen LogP contribution in [0.5, 0.6) is 0 Å². The van der Waals surface area contributed by atoms with E-state index in [1.54, 1.807) is 39.8 Å². The molecule has 1 rings (SSSR count). The Bertz CT molecular complexity index is 929. The third-order valence-electron chi connectivity index (χ3n) is 6.80. The van der Waals surface area contributed by atoms with Crippen molar-refractivity contribution in [1.29, 1.82) is 0 Å². The number of aliphatic hydroxyl groups excluding tert-OH is 1. The van der Waals surface area contributed by atoms with Gasteiger partial charge in [0.1, 0.15) is 17.8 Å². The minimum absolute atomic E-state index is 0.0211. The molecule has 7 atom stereocenters. The fourth-order valence-electron chi connectivity index (χ4n) is 3.87. The molecule has 0 unspecified atom stereocenters. The Hall–Kier alpha value is -2.20. The van der Waals surface area contributed by atoms with Crippen LogP contribution in [-0.4, -0.2) is 74.2 Å². The standard InChI is InChI=1S/C27H41ClO9/c1-10-14(3)24(31)36-19(13-21(30)26(7,8)33)16(5)18-12-20(28)27(9,34)23(35-17(6)29)22(18)37-25(32)15(4)11-2/h10-11,18-23,30,33-34H,5,12-13H2,1-4,6-9H3/b14-10-,15-11-/t18-,19+,20+,21+,22+,23+,27-/m0/s1. The zero-order valence-corrected chi connectivity index (χ0v) is 23.7. The highest BCUT2D eigenvalue weighted by Gasteiger charge is 2.56. The maximum absolute atomic E-state index is 12.8. The van der Waals surface area contributed by atoms with Crippen molar-refractivity contribution in [3.8, 4) is 0 Å². The molecule has 0 aromatic carbocycles. The highest BCUT2D eigenvalue weighted by molar-refractivity contribution is 6.21. The number of hydrogen-bond donors (Lipinski definition) is 3. The number of allylic oxidation sites excluding steroid dienone is 2. The average molecular weight is 545 g/mol. The number of carbonyl (C=O) groups is 3. The van der Waals surface area contributed by atoms with Crippen molar-refractivity contribution in [1.82, 2.24) is 0 Å². The van der Waals surface area contributed by atoms with Gasteiger partial charge in [0.05, 0.1) is 17.1 Å². The molecule has 1 fully saturated rings. The predicted molar refractivity (Wildman–Crippen MR) is 139 cm³/mol. The van der Waals surface area contributed by atoms with E-state index < -0.39 is 64.8 Å². The summed E-state index contributed by atoms with van der Waals surface area (Å²) in [6.07, 6.45) is -2.17. The van der Waals surface area contributed by atoms with E-state index in [4.69, 9.17) is 25.8 Å². The van der Waals surface area contributed by atoms with Crippen LogP contribution in [0.2, 0.25) is 0 Å². The highest BCUT2D eigenvalue weighted by Crippen LogP contribution is 2.44. The molecule has 37 heavy (non-hydrogen) atoms. The smallest absolute Gasteiger partial charge is 0.333 e. The molecular weight excluding hydrogens is 504 g/mol. The first kappa shape index (κ1) is 32.8. The van der Waals surface area contributed by atoms with Crippen LogP contribution in [0.3, 0.4) is 0 Å². The van der Waals surface area contributed by atoms with Crippen molar-refractivity contribution in [3.05, 3.63) is 35.5 Å². The topological polar surface area (TPSA) is 140 Å². The van der Waals surface area contributed by atoms with E-state index >= 15 is 0 Å². The third-order valence-corrected chi connectivity index (χ3v) is 7.42. The van der Waals surface area contributed by atoms with E-state index in [2.05, 4.69) is 6.58 Å². The van der Waals surface area contributed by atoms with E-state index in [-0.39, 0.29) is 24.0 Å². The van der Waals surface area contributed by atoms with Gasteiger partial charge in [0.25, 0.3) is 0 Å². The lowest BCUT2D eigenvalue weighted by molar-refractivity contribution is -0.203. The molecule has 0 heterocycles. The first-order valence-corrected chi connectivity index (χ1v) is 12.6. The summed E-state index contributed by atoms with van der Waals surface area (Å²) in [4.78, 5) is 37.4. The van der Waals surface area contributed by atoms with Crippen LogP contribution in [-0.2, 0) is 28.6 Å². The molecule has 3 N–H and O–H groups in total. The summed E-state index contributed by atoms with van der Waals surface area (Å²) in [6.45, 7) is 15.9. The van der Waals surface area contributed by atoms with Gasteiger partial charge in [0, 0.05) is 30.4 Å². The monoisotopic (exact) mass is 544 g/mol. The molecule has 1 aliphatic rings. The molecule has 0 saturated heterocycles. The van der Waals surface area contributed by atoms with Crippen molar-refractivity contribution >= 4 is 29.5 Å². The van der Waals surface area contributed by atoms with Gasteiger partial charge in [-0.1, -0.05) is 18.7 Å². The molecule has 210 valence electrons. The Morgan fingerprint density at radius 2 is 1.62 bits per heavy atom. The zero-order valence-electron chi connectivity index (χ0n) is 22.9. The molecule has 0 aromatic rings. The van der Waals surface area contributed by atoms with Crippen LogP contribution >= 0.6 is 11.6 Å². The molecule has 1 aliphatic carbocycles. The van der Waals surface area contributed by atoms with Crippen molar-refractivity contribution in [2.75, 3.05) is 0 Å². The van der Waals surface area contributed by atoms with Gasteiger partial charge in [0.15, 0.2) is 6.10 Å². The summed E-state index contributed by atoms with van der Waals surface area (Å²) in [6, 6.07) is 0. The van der Waals surface area contributed by atoms with Crippen LogP contribution in [0.25, 0.3) is 0 Å². The van der Waals surface area contributed by atoms with E-state index in [9.17, 15) is 29.7 Å². The van der Waals surface area contributed by atoms with Gasteiger partial charge in [0.2, 0.25) is 0 Å². The second kappa shape index (κ2) is 13.0. The van der Waals surface area contributed by atoms with Crippen LogP contribution in [0.4, 0.5) is 0 Å². The van der Waals surface area contributed by atoms with Crippen LogP contribution < -0.4 is 0 Å². The minimum atomic E-state index is -1.78. The van der Waals surface area contributed by atoms with E-state index in [1.165, 1.54) is 20.8 Å². The normalized spacial score (nSPS) is 28.6. The maximum atomic E-state index is 12.8. The van der Waals surface area contributed by atoms with Crippen molar-refractivity contribution in [2.24, 2.45) is 5.92 Å². The van der Waals surface area contributed by atoms with E-state index in [0.717, 1.165) is 6.92 Å². The van der Waals surface area contributed by atoms with Gasteiger partial charge in [-0.2, -0.15) is 0 Å². The Balaban J connectivity index is 3.60. The fraction of sp³-hybridized carbons (Fsp3) is 0.667. The number of hydrogen-bond acceptors (Lipinski definition) is 9. The van der Waals surface area contributed by atoms with Gasteiger partial charge in [-0.25, -0.2) is 9.59 Å². The summed E-state index contributed by atoms with van der Waals surface area (Å²) in [5.41, 5.74) is -2.50. The fourth-order valence-corrected chi connectivity index (χ4v) is 4.18. The molecule has 0 amide bonds. The molecule has 1 saturated carbocycles. The summed E-state index contributed by atoms with van der Waals surface area (Å²) in [5, 5.41) is 31.1. The number of aliphatic hydroxyl groups is 3. The molecule has 0 bridgehead atoms. The molecule has 0 aromatic heterocycles. The van der Waals surface area contributed by atoms with E-state index in [0.29, 0.717) is 5.57 Å². The summed E-state index contributed by atoms with van der Waals surface area (Å²) >= 11 is 6.54. The van der Waals surface area contributed by atoms with Gasteiger partial charge < -0.3 is 29.5 Å². The molecule has 0 spiro atoms. The zero-order chi connectivity index (χ0) is 28.9. The molecule has 10 heteroatoms. The van der Waals surface area contributed by atoms with Gasteiger partial charge in [-0.05, 0) is 60.5 Å². The largest absolute Gasteiger partial charge is 0.455 e. The Kier molecular flexibility index (Phi) is 11.6. The van der Waals surface area contributed by atoms with Crippen LogP contribution in [0.1, 0.15) is 68.2 Å². The third kappa shape index (κ3) is 8.40. The lowest BCUT2D eigenvalue weighted by Crippen LogP contribution is -2.63.